The molecule has 2 aromatic heterocycles. The van der Waals surface area contributed by atoms with Crippen LogP contribution in [0, 0.1) is 6.92 Å². The average Bonchev–Trinajstić information content (AvgIpc) is 2.74. The Morgan fingerprint density at radius 2 is 1.91 bits per heavy atom. The molecule has 1 aromatic carbocycles. The first-order valence-corrected chi connectivity index (χ1v) is 7.43. The quantitative estimate of drug-likeness (QED) is 0.722. The lowest BCUT2D eigenvalue weighted by molar-refractivity contribution is 0.767. The van der Waals surface area contributed by atoms with E-state index in [1.807, 2.05) is 38.1 Å². The van der Waals surface area contributed by atoms with Gasteiger partial charge in [0, 0.05) is 6.42 Å². The van der Waals surface area contributed by atoms with E-state index in [1.165, 1.54) is 9.54 Å². The predicted molar refractivity (Wildman–Crippen MR) is 90.2 cm³/mol. The molecule has 0 atom stereocenters. The van der Waals surface area contributed by atoms with E-state index < -0.39 is 0 Å². The number of thiol groups is 1. The minimum Gasteiger partial charge on any atom is -0.382 e. The highest BCUT2D eigenvalue weighted by Gasteiger charge is 2.17. The number of nitrogens with two attached hydrogens (primary N) is 1. The summed E-state index contributed by atoms with van der Waals surface area (Å²) in [6.07, 6.45) is 0.649. The average molecular weight is 315 g/mol. The molecule has 2 N–H and O–H groups in total. The van der Waals surface area contributed by atoms with Gasteiger partial charge >= 0.3 is 5.69 Å². The Bertz CT molecular complexity index is 895. The molecule has 0 radical (unpaired) electrons. The van der Waals surface area contributed by atoms with Crippen molar-refractivity contribution in [1.29, 1.82) is 0 Å². The SMILES string of the molecule is CCc1nc(N)c2c(n1)n(Cc1ccc(C)cc1)c(=O)n2S. The van der Waals surface area contributed by atoms with Crippen LogP contribution in [0.25, 0.3) is 11.2 Å². The molecule has 3 aromatic rings. The summed E-state index contributed by atoms with van der Waals surface area (Å²) >= 11 is 4.22. The van der Waals surface area contributed by atoms with Crippen LogP contribution in [0.15, 0.2) is 29.1 Å². The molecule has 3 rings (SSSR count). The summed E-state index contributed by atoms with van der Waals surface area (Å²) in [6, 6.07) is 8.02. The summed E-state index contributed by atoms with van der Waals surface area (Å²) in [4.78, 5) is 21.1. The Balaban J connectivity index is 2.20. The Morgan fingerprint density at radius 3 is 2.55 bits per heavy atom. The van der Waals surface area contributed by atoms with Crippen molar-refractivity contribution in [3.63, 3.8) is 0 Å². The first-order chi connectivity index (χ1) is 10.5. The largest absolute Gasteiger partial charge is 0.382 e. The highest BCUT2D eigenvalue weighted by molar-refractivity contribution is 7.78. The molecule has 0 aliphatic carbocycles. The molecule has 0 bridgehead atoms. The second-order valence-corrected chi connectivity index (χ2v) is 5.62. The zero-order chi connectivity index (χ0) is 15.9. The Morgan fingerprint density at radius 1 is 1.23 bits per heavy atom. The van der Waals surface area contributed by atoms with Crippen LogP contribution in [0.4, 0.5) is 5.82 Å². The van der Waals surface area contributed by atoms with Crippen LogP contribution in [0.2, 0.25) is 0 Å². The number of aromatic nitrogens is 4. The van der Waals surface area contributed by atoms with Crippen LogP contribution in [0.1, 0.15) is 23.9 Å². The number of aryl methyl sites for hydroxylation is 2. The molecule has 0 amide bonds. The Labute approximate surface area is 133 Å². The predicted octanol–water partition coefficient (Wildman–Crippen LogP) is 1.79. The third-order valence-electron chi connectivity index (χ3n) is 3.60. The highest BCUT2D eigenvalue weighted by atomic mass is 32.1. The van der Waals surface area contributed by atoms with Gasteiger partial charge in [-0.2, -0.15) is 0 Å². The molecule has 22 heavy (non-hydrogen) atoms. The second kappa shape index (κ2) is 5.49. The summed E-state index contributed by atoms with van der Waals surface area (Å²) in [7, 11) is 0. The zero-order valence-electron chi connectivity index (χ0n) is 12.4. The monoisotopic (exact) mass is 315 g/mol. The Hall–Kier alpha value is -2.28. The summed E-state index contributed by atoms with van der Waals surface area (Å²) in [6.45, 7) is 4.39. The van der Waals surface area contributed by atoms with Crippen molar-refractivity contribution in [2.24, 2.45) is 0 Å². The van der Waals surface area contributed by atoms with Crippen molar-refractivity contribution in [3.8, 4) is 0 Å². The molecular weight excluding hydrogens is 298 g/mol. The number of nitrogens with zero attached hydrogens (tertiary/aromatic N) is 4. The number of fused-ring (bicyclic) bond motifs is 1. The maximum Gasteiger partial charge on any atom is 0.340 e. The molecule has 2 heterocycles. The molecular formula is C15H17N5OS. The maximum absolute atomic E-state index is 12.4. The third-order valence-corrected chi connectivity index (χ3v) is 3.97. The van der Waals surface area contributed by atoms with Crippen molar-refractivity contribution in [3.05, 3.63) is 51.7 Å². The van der Waals surface area contributed by atoms with Gasteiger partial charge in [0.15, 0.2) is 11.5 Å². The van der Waals surface area contributed by atoms with Crippen molar-refractivity contribution >= 4 is 29.8 Å². The van der Waals surface area contributed by atoms with Crippen molar-refractivity contribution in [2.75, 3.05) is 5.73 Å². The molecule has 0 saturated heterocycles. The van der Waals surface area contributed by atoms with Crippen LogP contribution >= 0.6 is 12.8 Å². The van der Waals surface area contributed by atoms with E-state index in [0.717, 1.165) is 5.56 Å². The van der Waals surface area contributed by atoms with E-state index in [1.54, 1.807) is 4.57 Å². The number of hydrogen-bond acceptors (Lipinski definition) is 5. The summed E-state index contributed by atoms with van der Waals surface area (Å²) in [5.41, 5.74) is 8.85. The fourth-order valence-electron chi connectivity index (χ4n) is 2.38. The van der Waals surface area contributed by atoms with Crippen LogP contribution in [0.3, 0.4) is 0 Å². The highest BCUT2D eigenvalue weighted by Crippen LogP contribution is 2.19. The number of imidazole rings is 1. The van der Waals surface area contributed by atoms with E-state index in [0.29, 0.717) is 30.0 Å². The van der Waals surface area contributed by atoms with Gasteiger partial charge in [-0.15, -0.1) is 0 Å². The molecule has 6 nitrogen and oxygen atoms in total. The van der Waals surface area contributed by atoms with Crippen LogP contribution in [-0.2, 0) is 13.0 Å². The number of rotatable bonds is 3. The minimum atomic E-state index is -0.270. The summed E-state index contributed by atoms with van der Waals surface area (Å²) < 4.78 is 2.78. The van der Waals surface area contributed by atoms with E-state index >= 15 is 0 Å². The van der Waals surface area contributed by atoms with Crippen molar-refractivity contribution < 1.29 is 0 Å². The standard InChI is InChI=1S/C15H17N5OS/c1-3-11-17-13(16)12-14(18-11)19(15(21)20(12)22)8-10-6-4-9(2)5-7-10/h4-7,22H,3,8H2,1-2H3,(H2,16,17,18). The van der Waals surface area contributed by atoms with Gasteiger partial charge in [0.2, 0.25) is 0 Å². The van der Waals surface area contributed by atoms with Gasteiger partial charge in [-0.05, 0) is 12.5 Å². The van der Waals surface area contributed by atoms with Gasteiger partial charge in [-0.3, -0.25) is 4.57 Å². The first-order valence-electron chi connectivity index (χ1n) is 7.03. The third kappa shape index (κ3) is 2.37. The van der Waals surface area contributed by atoms with Gasteiger partial charge < -0.3 is 5.73 Å². The smallest absolute Gasteiger partial charge is 0.340 e. The minimum absolute atomic E-state index is 0.270. The first kappa shape index (κ1) is 14.6. The fourth-order valence-corrected chi connectivity index (χ4v) is 2.68. The lowest BCUT2D eigenvalue weighted by Crippen LogP contribution is -2.21. The molecule has 114 valence electrons. The molecule has 0 unspecified atom stereocenters. The zero-order valence-corrected chi connectivity index (χ0v) is 13.3. The fraction of sp³-hybridized carbons (Fsp3) is 0.267. The number of nitrogen functional groups attached to an aromatic ring is 1. The molecule has 0 saturated carbocycles. The Kier molecular flexibility index (Phi) is 3.66. The molecule has 0 fully saturated rings. The molecule has 0 spiro atoms. The van der Waals surface area contributed by atoms with Crippen molar-refractivity contribution in [2.45, 2.75) is 26.8 Å². The molecule has 0 aliphatic heterocycles. The topological polar surface area (TPSA) is 78.7 Å². The number of hydrogen-bond donors (Lipinski definition) is 2. The van der Waals surface area contributed by atoms with Gasteiger partial charge in [0.25, 0.3) is 0 Å². The maximum atomic E-state index is 12.4. The van der Waals surface area contributed by atoms with E-state index in [4.69, 9.17) is 5.73 Å². The molecule has 0 aliphatic rings. The van der Waals surface area contributed by atoms with Gasteiger partial charge in [-0.1, -0.05) is 49.6 Å². The molecule has 7 heteroatoms. The van der Waals surface area contributed by atoms with Gasteiger partial charge in [-0.25, -0.2) is 18.7 Å². The number of benzene rings is 1. The van der Waals surface area contributed by atoms with Crippen molar-refractivity contribution in [1.82, 2.24) is 18.5 Å². The van der Waals surface area contributed by atoms with E-state index in [2.05, 4.69) is 22.8 Å². The van der Waals surface area contributed by atoms with Gasteiger partial charge in [0.1, 0.15) is 11.3 Å². The van der Waals surface area contributed by atoms with E-state index in [9.17, 15) is 4.79 Å². The van der Waals surface area contributed by atoms with E-state index in [-0.39, 0.29) is 11.5 Å². The lowest BCUT2D eigenvalue weighted by atomic mass is 10.1. The van der Waals surface area contributed by atoms with Gasteiger partial charge in [0.05, 0.1) is 6.54 Å². The van der Waals surface area contributed by atoms with Crippen LogP contribution in [0.5, 0.6) is 0 Å². The number of anilines is 1. The normalized spacial score (nSPS) is 11.2. The summed E-state index contributed by atoms with van der Waals surface area (Å²) in [5.74, 6) is 0.887. The lowest BCUT2D eigenvalue weighted by Gasteiger charge is -2.05. The van der Waals surface area contributed by atoms with Crippen LogP contribution in [-0.4, -0.2) is 18.5 Å². The van der Waals surface area contributed by atoms with Crippen LogP contribution < -0.4 is 11.4 Å². The second-order valence-electron chi connectivity index (χ2n) is 5.22. The summed E-state index contributed by atoms with van der Waals surface area (Å²) in [5, 5.41) is 0.